The predicted octanol–water partition coefficient (Wildman–Crippen LogP) is 1.97. The maximum Gasteiger partial charge on any atom is 0.573 e. The maximum atomic E-state index is 12.3. The summed E-state index contributed by atoms with van der Waals surface area (Å²) in [5, 5.41) is 2.56. The van der Waals surface area contributed by atoms with Gasteiger partial charge in [0.1, 0.15) is 0 Å². The van der Waals surface area contributed by atoms with Crippen LogP contribution in [-0.2, 0) is 9.47 Å². The molecule has 0 bridgehead atoms. The number of nitrogens with two attached hydrogens (primary N) is 1. The highest BCUT2D eigenvalue weighted by molar-refractivity contribution is 5.93. The van der Waals surface area contributed by atoms with Gasteiger partial charge in [-0.25, -0.2) is 0 Å². The summed E-state index contributed by atoms with van der Waals surface area (Å²) in [6, 6.07) is 5.55. The van der Waals surface area contributed by atoms with E-state index in [9.17, 15) is 13.2 Å². The highest BCUT2D eigenvalue weighted by Crippen LogP contribution is 2.29. The minimum absolute atomic E-state index is 0.0337. The van der Waals surface area contributed by atoms with Crippen molar-refractivity contribution in [1.82, 2.24) is 0 Å². The number of rotatable bonds is 8. The van der Waals surface area contributed by atoms with E-state index in [1.54, 1.807) is 13.2 Å². The third kappa shape index (κ3) is 7.70. The van der Waals surface area contributed by atoms with Crippen molar-refractivity contribution < 1.29 is 27.4 Å². The number of benzene rings is 1. The summed E-state index contributed by atoms with van der Waals surface area (Å²) < 4.78 is 50.7. The predicted molar refractivity (Wildman–Crippen MR) is 75.9 cm³/mol. The molecule has 0 atom stereocenters. The van der Waals surface area contributed by atoms with Crippen molar-refractivity contribution in [2.45, 2.75) is 6.36 Å². The number of anilines is 1. The molecule has 0 saturated carbocycles. The molecule has 0 aliphatic carbocycles. The van der Waals surface area contributed by atoms with Gasteiger partial charge in [0.25, 0.3) is 0 Å². The molecule has 0 aliphatic heterocycles. The quantitative estimate of drug-likeness (QED) is 0.435. The van der Waals surface area contributed by atoms with Gasteiger partial charge in [0.2, 0.25) is 0 Å². The summed E-state index contributed by atoms with van der Waals surface area (Å²) in [4.78, 5) is 3.94. The van der Waals surface area contributed by atoms with Crippen molar-refractivity contribution in [1.29, 1.82) is 0 Å². The molecule has 1 rings (SSSR count). The summed E-state index contributed by atoms with van der Waals surface area (Å²) in [5.41, 5.74) is 5.67. The lowest BCUT2D eigenvalue weighted by molar-refractivity contribution is -0.274. The average molecular weight is 321 g/mol. The number of hydrogen-bond acceptors (Lipinski definition) is 4. The Labute approximate surface area is 126 Å². The second-order valence-electron chi connectivity index (χ2n) is 4.04. The molecular weight excluding hydrogens is 303 g/mol. The fourth-order valence-electron chi connectivity index (χ4n) is 1.44. The van der Waals surface area contributed by atoms with Crippen molar-refractivity contribution in [2.24, 2.45) is 10.7 Å². The van der Waals surface area contributed by atoms with Gasteiger partial charge in [0.05, 0.1) is 32.1 Å². The van der Waals surface area contributed by atoms with Crippen molar-refractivity contribution in [2.75, 3.05) is 38.8 Å². The van der Waals surface area contributed by atoms with Crippen LogP contribution in [0.3, 0.4) is 0 Å². The summed E-state index contributed by atoms with van der Waals surface area (Å²) in [5.74, 6) is -0.418. The van der Waals surface area contributed by atoms with Gasteiger partial charge in [-0.15, -0.1) is 13.2 Å². The Bertz CT molecular complexity index is 481. The van der Waals surface area contributed by atoms with Crippen LogP contribution < -0.4 is 15.8 Å². The van der Waals surface area contributed by atoms with Gasteiger partial charge in [0, 0.05) is 7.11 Å². The van der Waals surface area contributed by atoms with Crippen LogP contribution >= 0.6 is 0 Å². The van der Waals surface area contributed by atoms with Crippen LogP contribution in [-0.4, -0.2) is 45.8 Å². The van der Waals surface area contributed by atoms with E-state index in [4.69, 9.17) is 15.2 Å². The Balaban J connectivity index is 2.51. The smallest absolute Gasteiger partial charge is 0.404 e. The highest BCUT2D eigenvalue weighted by Gasteiger charge is 2.32. The standard InChI is InChI=1S/C13H18F3N3O3/c1-20-8-9-21-7-6-18-12(17)19-10-4-2-3-5-11(10)22-13(14,15)16/h2-5H,6-9H2,1H3,(H3,17,18,19). The van der Waals surface area contributed by atoms with Crippen LogP contribution in [0.15, 0.2) is 29.3 Å². The number of halogens is 3. The molecule has 0 fully saturated rings. The Morgan fingerprint density at radius 2 is 1.95 bits per heavy atom. The number of nitrogens with one attached hydrogen (secondary N) is 1. The fourth-order valence-corrected chi connectivity index (χ4v) is 1.44. The van der Waals surface area contributed by atoms with E-state index in [2.05, 4.69) is 15.0 Å². The summed E-state index contributed by atoms with van der Waals surface area (Å²) in [6.07, 6.45) is -4.78. The zero-order valence-corrected chi connectivity index (χ0v) is 12.0. The summed E-state index contributed by atoms with van der Waals surface area (Å²) in [7, 11) is 1.56. The van der Waals surface area contributed by atoms with Gasteiger partial charge < -0.3 is 25.3 Å². The largest absolute Gasteiger partial charge is 0.573 e. The molecule has 22 heavy (non-hydrogen) atoms. The Morgan fingerprint density at radius 3 is 2.64 bits per heavy atom. The zero-order chi connectivity index (χ0) is 16.4. The molecule has 6 nitrogen and oxygen atoms in total. The molecule has 9 heteroatoms. The van der Waals surface area contributed by atoms with E-state index in [1.807, 2.05) is 0 Å². The minimum atomic E-state index is -4.78. The average Bonchev–Trinajstić information content (AvgIpc) is 2.43. The molecule has 0 unspecified atom stereocenters. The first kappa shape index (κ1) is 18.1. The van der Waals surface area contributed by atoms with E-state index >= 15 is 0 Å². The van der Waals surface area contributed by atoms with Gasteiger partial charge in [-0.2, -0.15) is 0 Å². The van der Waals surface area contributed by atoms with E-state index in [0.717, 1.165) is 0 Å². The van der Waals surface area contributed by atoms with Crippen LogP contribution in [0.25, 0.3) is 0 Å². The van der Waals surface area contributed by atoms with Crippen molar-refractivity contribution >= 4 is 11.6 Å². The molecule has 0 aliphatic rings. The third-order valence-electron chi connectivity index (χ3n) is 2.33. The first-order chi connectivity index (χ1) is 10.4. The molecule has 124 valence electrons. The topological polar surface area (TPSA) is 78.1 Å². The normalized spacial score (nSPS) is 12.3. The Morgan fingerprint density at radius 1 is 1.23 bits per heavy atom. The lowest BCUT2D eigenvalue weighted by Crippen LogP contribution is -2.25. The number of guanidine groups is 1. The third-order valence-corrected chi connectivity index (χ3v) is 2.33. The SMILES string of the molecule is COCCOCCN=C(N)Nc1ccccc1OC(F)(F)F. The van der Waals surface area contributed by atoms with E-state index < -0.39 is 6.36 Å². The van der Waals surface area contributed by atoms with Gasteiger partial charge in [-0.05, 0) is 12.1 Å². The lowest BCUT2D eigenvalue weighted by atomic mass is 10.3. The number of alkyl halides is 3. The second kappa shape index (κ2) is 9.11. The van der Waals surface area contributed by atoms with Crippen LogP contribution in [0.4, 0.5) is 18.9 Å². The maximum absolute atomic E-state index is 12.3. The minimum Gasteiger partial charge on any atom is -0.404 e. The zero-order valence-electron chi connectivity index (χ0n) is 12.0. The molecular formula is C13H18F3N3O3. The van der Waals surface area contributed by atoms with Crippen LogP contribution in [0, 0.1) is 0 Å². The molecule has 0 spiro atoms. The van der Waals surface area contributed by atoms with E-state index in [-0.39, 0.29) is 23.9 Å². The van der Waals surface area contributed by atoms with Crippen molar-refractivity contribution in [3.8, 4) is 5.75 Å². The number of aliphatic imine (C=N–C) groups is 1. The number of ether oxygens (including phenoxy) is 3. The number of para-hydroxylation sites is 2. The molecule has 0 saturated heterocycles. The van der Waals surface area contributed by atoms with Gasteiger partial charge in [-0.3, -0.25) is 4.99 Å². The number of nitrogens with zero attached hydrogens (tertiary/aromatic N) is 1. The van der Waals surface area contributed by atoms with Crippen LogP contribution in [0.2, 0.25) is 0 Å². The van der Waals surface area contributed by atoms with E-state index in [1.165, 1.54) is 18.2 Å². The number of hydrogen-bond donors (Lipinski definition) is 2. The highest BCUT2D eigenvalue weighted by atomic mass is 19.4. The van der Waals surface area contributed by atoms with Crippen LogP contribution in [0.5, 0.6) is 5.75 Å². The molecule has 0 amide bonds. The summed E-state index contributed by atoms with van der Waals surface area (Å²) in [6.45, 7) is 1.50. The van der Waals surface area contributed by atoms with Gasteiger partial charge in [0.15, 0.2) is 11.7 Å². The Hall–Kier alpha value is -2.00. The first-order valence-corrected chi connectivity index (χ1v) is 6.41. The Kier molecular flexibility index (Phi) is 7.47. The second-order valence-corrected chi connectivity index (χ2v) is 4.04. The van der Waals surface area contributed by atoms with Crippen molar-refractivity contribution in [3.05, 3.63) is 24.3 Å². The molecule has 0 aromatic heterocycles. The molecule has 1 aromatic carbocycles. The van der Waals surface area contributed by atoms with E-state index in [0.29, 0.717) is 19.8 Å². The van der Waals surface area contributed by atoms with Gasteiger partial charge >= 0.3 is 6.36 Å². The lowest BCUT2D eigenvalue weighted by Gasteiger charge is -2.14. The molecule has 0 heterocycles. The number of methoxy groups -OCH3 is 1. The summed E-state index contributed by atoms with van der Waals surface area (Å²) >= 11 is 0. The fraction of sp³-hybridized carbons (Fsp3) is 0.462. The monoisotopic (exact) mass is 321 g/mol. The molecule has 0 radical (unpaired) electrons. The van der Waals surface area contributed by atoms with Crippen LogP contribution in [0.1, 0.15) is 0 Å². The van der Waals surface area contributed by atoms with Crippen molar-refractivity contribution in [3.63, 3.8) is 0 Å². The molecule has 1 aromatic rings. The first-order valence-electron chi connectivity index (χ1n) is 6.41. The van der Waals surface area contributed by atoms with Gasteiger partial charge in [-0.1, -0.05) is 12.1 Å². The molecule has 3 N–H and O–H groups in total.